The zero-order valence-electron chi connectivity index (χ0n) is 14.2. The highest BCUT2D eigenvalue weighted by Crippen LogP contribution is 2.15. The van der Waals surface area contributed by atoms with Crippen LogP contribution in [0.1, 0.15) is 29.8 Å². The van der Waals surface area contributed by atoms with Crippen LogP contribution in [0.25, 0.3) is 0 Å². The molecule has 2 atom stereocenters. The molecule has 0 unspecified atom stereocenters. The van der Waals surface area contributed by atoms with E-state index in [1.807, 2.05) is 54.6 Å². The standard InChI is InChI=1S/C20H24N2O2/c1-15-12-22(13-16(2)24-15)14-17-8-10-18(11-9-17)20(23)21-19-6-4-3-5-7-19/h3-11,15-16H,12-14H2,1-2H3,(H,21,23)/t15-,16-/m1/s1. The Bertz CT molecular complexity index is 660. The summed E-state index contributed by atoms with van der Waals surface area (Å²) < 4.78 is 5.77. The number of anilines is 1. The number of morpholine rings is 1. The Morgan fingerprint density at radius 3 is 2.29 bits per heavy atom. The third kappa shape index (κ3) is 4.43. The van der Waals surface area contributed by atoms with E-state index in [4.69, 9.17) is 4.74 Å². The van der Waals surface area contributed by atoms with E-state index in [1.165, 1.54) is 5.56 Å². The van der Waals surface area contributed by atoms with Gasteiger partial charge in [-0.15, -0.1) is 0 Å². The molecule has 1 aliphatic rings. The van der Waals surface area contributed by atoms with Crippen molar-refractivity contribution in [3.8, 4) is 0 Å². The molecule has 2 aromatic rings. The average molecular weight is 324 g/mol. The van der Waals surface area contributed by atoms with Gasteiger partial charge >= 0.3 is 0 Å². The Balaban J connectivity index is 1.60. The van der Waals surface area contributed by atoms with Crippen LogP contribution in [-0.2, 0) is 11.3 Å². The summed E-state index contributed by atoms with van der Waals surface area (Å²) >= 11 is 0. The molecule has 1 fully saturated rings. The molecule has 0 aliphatic carbocycles. The fourth-order valence-electron chi connectivity index (χ4n) is 3.16. The summed E-state index contributed by atoms with van der Waals surface area (Å²) in [6.45, 7) is 7.00. The van der Waals surface area contributed by atoms with Crippen molar-refractivity contribution in [2.75, 3.05) is 18.4 Å². The topological polar surface area (TPSA) is 41.6 Å². The average Bonchev–Trinajstić information content (AvgIpc) is 2.55. The van der Waals surface area contributed by atoms with Crippen LogP contribution < -0.4 is 5.32 Å². The number of para-hydroxylation sites is 1. The predicted molar refractivity (Wildman–Crippen MR) is 96.1 cm³/mol. The fourth-order valence-corrected chi connectivity index (χ4v) is 3.16. The first-order valence-electron chi connectivity index (χ1n) is 8.43. The summed E-state index contributed by atoms with van der Waals surface area (Å²) in [6, 6.07) is 17.3. The minimum atomic E-state index is -0.0821. The number of nitrogens with one attached hydrogen (secondary N) is 1. The molecule has 126 valence electrons. The number of hydrogen-bond donors (Lipinski definition) is 1. The molecule has 4 heteroatoms. The van der Waals surface area contributed by atoms with Crippen LogP contribution in [-0.4, -0.2) is 36.1 Å². The molecule has 0 radical (unpaired) electrons. The lowest BCUT2D eigenvalue weighted by Gasteiger charge is -2.35. The van der Waals surface area contributed by atoms with E-state index in [0.29, 0.717) is 5.56 Å². The number of benzene rings is 2. The first kappa shape index (κ1) is 16.7. The first-order valence-corrected chi connectivity index (χ1v) is 8.43. The molecule has 24 heavy (non-hydrogen) atoms. The summed E-state index contributed by atoms with van der Waals surface area (Å²) in [7, 11) is 0. The van der Waals surface area contributed by atoms with Gasteiger partial charge in [0.1, 0.15) is 0 Å². The van der Waals surface area contributed by atoms with Crippen molar-refractivity contribution >= 4 is 11.6 Å². The molecule has 4 nitrogen and oxygen atoms in total. The molecule has 3 rings (SSSR count). The highest BCUT2D eigenvalue weighted by molar-refractivity contribution is 6.04. The van der Waals surface area contributed by atoms with E-state index in [0.717, 1.165) is 25.3 Å². The van der Waals surface area contributed by atoms with E-state index in [1.54, 1.807) is 0 Å². The van der Waals surface area contributed by atoms with E-state index in [2.05, 4.69) is 24.1 Å². The van der Waals surface area contributed by atoms with Crippen LogP contribution in [0.3, 0.4) is 0 Å². The highest BCUT2D eigenvalue weighted by atomic mass is 16.5. The third-order valence-electron chi connectivity index (χ3n) is 4.15. The van der Waals surface area contributed by atoms with Crippen LogP contribution in [0.15, 0.2) is 54.6 Å². The summed E-state index contributed by atoms with van der Waals surface area (Å²) in [4.78, 5) is 14.7. The molecular weight excluding hydrogens is 300 g/mol. The van der Waals surface area contributed by atoms with Crippen molar-refractivity contribution in [3.63, 3.8) is 0 Å². The van der Waals surface area contributed by atoms with Gasteiger partial charge in [0.2, 0.25) is 0 Å². The van der Waals surface area contributed by atoms with Crippen LogP contribution in [0.2, 0.25) is 0 Å². The van der Waals surface area contributed by atoms with E-state index in [-0.39, 0.29) is 18.1 Å². The van der Waals surface area contributed by atoms with Crippen LogP contribution in [0.5, 0.6) is 0 Å². The second-order valence-electron chi connectivity index (χ2n) is 6.47. The minimum absolute atomic E-state index is 0.0821. The van der Waals surface area contributed by atoms with E-state index in [9.17, 15) is 4.79 Å². The van der Waals surface area contributed by atoms with Crippen molar-refractivity contribution in [2.24, 2.45) is 0 Å². The lowest BCUT2D eigenvalue weighted by Crippen LogP contribution is -2.44. The van der Waals surface area contributed by atoms with Crippen molar-refractivity contribution in [2.45, 2.75) is 32.6 Å². The molecule has 1 heterocycles. The lowest BCUT2D eigenvalue weighted by molar-refractivity contribution is -0.0704. The lowest BCUT2D eigenvalue weighted by atomic mass is 10.1. The molecule has 0 spiro atoms. The second-order valence-corrected chi connectivity index (χ2v) is 6.47. The van der Waals surface area contributed by atoms with Crippen LogP contribution >= 0.6 is 0 Å². The minimum Gasteiger partial charge on any atom is -0.373 e. The zero-order valence-corrected chi connectivity index (χ0v) is 14.2. The van der Waals surface area contributed by atoms with Crippen LogP contribution in [0, 0.1) is 0 Å². The van der Waals surface area contributed by atoms with Crippen molar-refractivity contribution in [3.05, 3.63) is 65.7 Å². The Morgan fingerprint density at radius 1 is 1.04 bits per heavy atom. The zero-order chi connectivity index (χ0) is 16.9. The molecule has 1 aliphatic heterocycles. The van der Waals surface area contributed by atoms with Gasteiger partial charge in [0.15, 0.2) is 0 Å². The van der Waals surface area contributed by atoms with Crippen LogP contribution in [0.4, 0.5) is 5.69 Å². The monoisotopic (exact) mass is 324 g/mol. The van der Waals surface area contributed by atoms with Gasteiger partial charge in [-0.25, -0.2) is 0 Å². The highest BCUT2D eigenvalue weighted by Gasteiger charge is 2.22. The summed E-state index contributed by atoms with van der Waals surface area (Å²) in [6.07, 6.45) is 0.536. The molecule has 1 saturated heterocycles. The summed E-state index contributed by atoms with van der Waals surface area (Å²) in [5.74, 6) is -0.0821. The number of carbonyl (C=O) groups is 1. The number of amides is 1. The van der Waals surface area contributed by atoms with Gasteiger partial charge in [-0.05, 0) is 43.7 Å². The molecule has 1 amide bonds. The number of hydrogen-bond acceptors (Lipinski definition) is 3. The van der Waals surface area contributed by atoms with Crippen molar-refractivity contribution in [1.29, 1.82) is 0 Å². The molecule has 2 aromatic carbocycles. The Kier molecular flexibility index (Phi) is 5.28. The normalized spacial score (nSPS) is 21.4. The van der Waals surface area contributed by atoms with Gasteiger partial charge in [-0.2, -0.15) is 0 Å². The molecule has 0 saturated carbocycles. The van der Waals surface area contributed by atoms with Gasteiger partial charge in [-0.3, -0.25) is 9.69 Å². The van der Waals surface area contributed by atoms with Gasteiger partial charge in [-0.1, -0.05) is 30.3 Å². The van der Waals surface area contributed by atoms with E-state index >= 15 is 0 Å². The number of rotatable bonds is 4. The molecule has 0 bridgehead atoms. The number of nitrogens with zero attached hydrogens (tertiary/aromatic N) is 1. The summed E-state index contributed by atoms with van der Waals surface area (Å²) in [5, 5.41) is 2.90. The first-order chi connectivity index (χ1) is 11.6. The summed E-state index contributed by atoms with van der Waals surface area (Å²) in [5.41, 5.74) is 2.70. The maximum atomic E-state index is 12.3. The number of ether oxygens (including phenoxy) is 1. The maximum Gasteiger partial charge on any atom is 0.255 e. The largest absolute Gasteiger partial charge is 0.373 e. The molecular formula is C20H24N2O2. The predicted octanol–water partition coefficient (Wildman–Crippen LogP) is 3.55. The molecule has 1 N–H and O–H groups in total. The number of carbonyl (C=O) groups excluding carboxylic acids is 1. The van der Waals surface area contributed by atoms with E-state index < -0.39 is 0 Å². The van der Waals surface area contributed by atoms with Gasteiger partial charge in [0.25, 0.3) is 5.91 Å². The third-order valence-corrected chi connectivity index (χ3v) is 4.15. The smallest absolute Gasteiger partial charge is 0.255 e. The van der Waals surface area contributed by atoms with Crippen molar-refractivity contribution in [1.82, 2.24) is 4.90 Å². The Hall–Kier alpha value is -2.17. The van der Waals surface area contributed by atoms with Crippen molar-refractivity contribution < 1.29 is 9.53 Å². The van der Waals surface area contributed by atoms with Gasteiger partial charge in [0.05, 0.1) is 12.2 Å². The SMILES string of the molecule is C[C@@H]1CN(Cc2ccc(C(=O)Nc3ccccc3)cc2)C[C@@H](C)O1. The Morgan fingerprint density at radius 2 is 1.67 bits per heavy atom. The van der Waals surface area contributed by atoms with Gasteiger partial charge in [0, 0.05) is 30.9 Å². The van der Waals surface area contributed by atoms with Gasteiger partial charge < -0.3 is 10.1 Å². The Labute approximate surface area is 143 Å². The fraction of sp³-hybridized carbons (Fsp3) is 0.350. The maximum absolute atomic E-state index is 12.3. The molecule has 0 aromatic heterocycles. The second kappa shape index (κ2) is 7.60. The quantitative estimate of drug-likeness (QED) is 0.935.